The Kier molecular flexibility index (Phi) is 5.02. The van der Waals surface area contributed by atoms with Crippen LogP contribution in [0.25, 0.3) is 0 Å². The highest BCUT2D eigenvalue weighted by molar-refractivity contribution is 7.14. The van der Waals surface area contributed by atoms with Gasteiger partial charge in [-0.25, -0.2) is 0 Å². The second kappa shape index (κ2) is 7.37. The van der Waals surface area contributed by atoms with Crippen LogP contribution in [0.15, 0.2) is 29.6 Å². The molecule has 0 atom stereocenters. The summed E-state index contributed by atoms with van der Waals surface area (Å²) in [6.45, 7) is 1.62. The molecule has 1 amide bonds. The molecule has 0 aliphatic carbocycles. The van der Waals surface area contributed by atoms with Crippen molar-refractivity contribution in [2.45, 2.75) is 19.3 Å². The molecule has 3 rings (SSSR count). The zero-order valence-corrected chi connectivity index (χ0v) is 14.4. The molecule has 6 heteroatoms. The minimum Gasteiger partial charge on any atom is -0.497 e. The smallest absolute Gasteiger partial charge is 0.226 e. The number of aryl methyl sites for hydroxylation is 1. The molecule has 2 heterocycles. The zero-order valence-electron chi connectivity index (χ0n) is 13.5. The van der Waals surface area contributed by atoms with Gasteiger partial charge in [0.15, 0.2) is 0 Å². The van der Waals surface area contributed by atoms with E-state index >= 15 is 0 Å². The largest absolute Gasteiger partial charge is 0.497 e. The Morgan fingerprint density at radius 2 is 2.33 bits per heavy atom. The number of hydrogen-bond donors (Lipinski definition) is 1. The maximum atomic E-state index is 12.2. The van der Waals surface area contributed by atoms with Gasteiger partial charge in [0.1, 0.15) is 16.8 Å². The second-order valence-corrected chi connectivity index (χ2v) is 6.57. The van der Waals surface area contributed by atoms with Crippen LogP contribution in [0.2, 0.25) is 0 Å². The average molecular weight is 341 g/mol. The molecular weight excluding hydrogens is 322 g/mol. The van der Waals surface area contributed by atoms with E-state index in [1.165, 1.54) is 22.6 Å². The van der Waals surface area contributed by atoms with Gasteiger partial charge in [-0.3, -0.25) is 4.79 Å². The zero-order chi connectivity index (χ0) is 16.9. The van der Waals surface area contributed by atoms with E-state index in [1.54, 1.807) is 13.2 Å². The van der Waals surface area contributed by atoms with Crippen LogP contribution in [-0.2, 0) is 11.2 Å². The molecule has 124 valence electrons. The van der Waals surface area contributed by atoms with E-state index in [2.05, 4.69) is 28.4 Å². The maximum absolute atomic E-state index is 12.2. The number of benzene rings is 1. The van der Waals surface area contributed by atoms with E-state index in [4.69, 9.17) is 10.00 Å². The Bertz CT molecular complexity index is 779. The van der Waals surface area contributed by atoms with Crippen LogP contribution in [0.3, 0.4) is 0 Å². The summed E-state index contributed by atoms with van der Waals surface area (Å²) in [7, 11) is 1.67. The van der Waals surface area contributed by atoms with E-state index in [1.807, 2.05) is 11.4 Å². The van der Waals surface area contributed by atoms with Crippen LogP contribution in [0.5, 0.6) is 5.75 Å². The molecular formula is C18H19N3O2S. The van der Waals surface area contributed by atoms with Crippen LogP contribution >= 0.6 is 11.3 Å². The first-order chi connectivity index (χ1) is 11.7. The molecule has 0 fully saturated rings. The van der Waals surface area contributed by atoms with Crippen molar-refractivity contribution in [3.63, 3.8) is 0 Å². The van der Waals surface area contributed by atoms with Crippen molar-refractivity contribution in [1.82, 2.24) is 0 Å². The predicted octanol–water partition coefficient (Wildman–Crippen LogP) is 3.41. The minimum absolute atomic E-state index is 0.0606. The molecule has 2 aromatic rings. The van der Waals surface area contributed by atoms with Crippen LogP contribution in [0.1, 0.15) is 24.0 Å². The van der Waals surface area contributed by atoms with Crippen molar-refractivity contribution in [2.75, 3.05) is 30.4 Å². The third kappa shape index (κ3) is 3.52. The number of anilines is 2. The summed E-state index contributed by atoms with van der Waals surface area (Å²) < 4.78 is 5.29. The van der Waals surface area contributed by atoms with Crippen LogP contribution in [-0.4, -0.2) is 26.1 Å². The van der Waals surface area contributed by atoms with Crippen molar-refractivity contribution >= 4 is 27.9 Å². The fourth-order valence-corrected chi connectivity index (χ4v) is 3.68. The molecule has 1 aromatic carbocycles. The third-order valence-corrected chi connectivity index (χ3v) is 4.98. The van der Waals surface area contributed by atoms with Gasteiger partial charge in [-0.15, -0.1) is 11.3 Å². The number of methoxy groups -OCH3 is 1. The second-order valence-electron chi connectivity index (χ2n) is 5.66. The van der Waals surface area contributed by atoms with Gasteiger partial charge in [-0.1, -0.05) is 0 Å². The summed E-state index contributed by atoms with van der Waals surface area (Å²) in [6, 6.07) is 9.90. The van der Waals surface area contributed by atoms with Crippen LogP contribution in [0.4, 0.5) is 10.7 Å². The molecule has 0 saturated carbocycles. The van der Waals surface area contributed by atoms with Crippen molar-refractivity contribution in [1.29, 1.82) is 5.26 Å². The molecule has 0 unspecified atom stereocenters. The third-order valence-electron chi connectivity index (χ3n) is 4.15. The summed E-state index contributed by atoms with van der Waals surface area (Å²) in [5, 5.41) is 14.3. The Hall–Kier alpha value is -2.52. The molecule has 1 aliphatic heterocycles. The molecule has 0 spiro atoms. The van der Waals surface area contributed by atoms with Crippen molar-refractivity contribution in [3.05, 3.63) is 40.8 Å². The summed E-state index contributed by atoms with van der Waals surface area (Å²) in [5.74, 6) is 0.810. The monoisotopic (exact) mass is 341 g/mol. The lowest BCUT2D eigenvalue weighted by Gasteiger charge is -2.31. The topological polar surface area (TPSA) is 65.4 Å². The van der Waals surface area contributed by atoms with Crippen molar-refractivity contribution < 1.29 is 9.53 Å². The molecule has 1 aliphatic rings. The van der Waals surface area contributed by atoms with Gasteiger partial charge in [-0.2, -0.15) is 5.26 Å². The molecule has 5 nitrogen and oxygen atoms in total. The standard InChI is InChI=1S/C18H19N3O2S/c1-23-15-4-5-16-13(11-15)3-2-8-21(16)9-6-17(22)20-18-14(12-19)7-10-24-18/h4-5,7,10-11H,2-3,6,8-9H2,1H3,(H,20,22). The summed E-state index contributed by atoms with van der Waals surface area (Å²) in [6.07, 6.45) is 2.51. The first kappa shape index (κ1) is 16.3. The number of nitriles is 1. The number of amides is 1. The lowest BCUT2D eigenvalue weighted by atomic mass is 10.0. The molecule has 24 heavy (non-hydrogen) atoms. The van der Waals surface area contributed by atoms with Crippen LogP contribution < -0.4 is 15.0 Å². The van der Waals surface area contributed by atoms with Gasteiger partial charge in [0, 0.05) is 25.2 Å². The quantitative estimate of drug-likeness (QED) is 0.905. The van der Waals surface area contributed by atoms with Gasteiger partial charge in [0.05, 0.1) is 12.7 Å². The number of hydrogen-bond acceptors (Lipinski definition) is 5. The van der Waals surface area contributed by atoms with E-state index in [9.17, 15) is 4.79 Å². The molecule has 0 saturated heterocycles. The van der Waals surface area contributed by atoms with E-state index in [0.29, 0.717) is 23.5 Å². The highest BCUT2D eigenvalue weighted by Gasteiger charge is 2.18. The highest BCUT2D eigenvalue weighted by Crippen LogP contribution is 2.30. The van der Waals surface area contributed by atoms with Crippen molar-refractivity contribution in [3.8, 4) is 11.8 Å². The Morgan fingerprint density at radius 3 is 3.12 bits per heavy atom. The minimum atomic E-state index is -0.0606. The normalized spacial score (nSPS) is 13.1. The lowest BCUT2D eigenvalue weighted by molar-refractivity contribution is -0.116. The Morgan fingerprint density at radius 1 is 1.46 bits per heavy atom. The van der Waals surface area contributed by atoms with E-state index < -0.39 is 0 Å². The lowest BCUT2D eigenvalue weighted by Crippen LogP contribution is -2.32. The first-order valence-corrected chi connectivity index (χ1v) is 8.78. The average Bonchev–Trinajstić information content (AvgIpc) is 3.06. The van der Waals surface area contributed by atoms with Gasteiger partial charge >= 0.3 is 0 Å². The number of fused-ring (bicyclic) bond motifs is 1. The molecule has 1 aromatic heterocycles. The van der Waals surface area contributed by atoms with Gasteiger partial charge in [0.2, 0.25) is 5.91 Å². The Labute approximate surface area is 145 Å². The SMILES string of the molecule is COc1ccc2c(c1)CCCN2CCC(=O)Nc1sccc1C#N. The molecule has 0 bridgehead atoms. The number of thiophene rings is 1. The number of nitrogens with zero attached hydrogens (tertiary/aromatic N) is 2. The number of rotatable bonds is 5. The number of carbonyl (C=O) groups is 1. The number of nitrogens with one attached hydrogen (secondary N) is 1. The van der Waals surface area contributed by atoms with Gasteiger partial charge in [0.25, 0.3) is 0 Å². The van der Waals surface area contributed by atoms with E-state index in [-0.39, 0.29) is 5.91 Å². The fraction of sp³-hybridized carbons (Fsp3) is 0.333. The fourth-order valence-electron chi connectivity index (χ4n) is 2.93. The predicted molar refractivity (Wildman–Crippen MR) is 95.8 cm³/mol. The summed E-state index contributed by atoms with van der Waals surface area (Å²) in [5.41, 5.74) is 2.97. The first-order valence-electron chi connectivity index (χ1n) is 7.90. The van der Waals surface area contributed by atoms with Gasteiger partial charge < -0.3 is 15.0 Å². The maximum Gasteiger partial charge on any atom is 0.226 e. The van der Waals surface area contributed by atoms with E-state index in [0.717, 1.165) is 25.1 Å². The Balaban J connectivity index is 1.62. The highest BCUT2D eigenvalue weighted by atomic mass is 32.1. The molecule has 1 N–H and O–H groups in total. The van der Waals surface area contributed by atoms with Crippen LogP contribution in [0, 0.1) is 11.3 Å². The van der Waals surface area contributed by atoms with Crippen molar-refractivity contribution in [2.24, 2.45) is 0 Å². The summed E-state index contributed by atoms with van der Waals surface area (Å²) in [4.78, 5) is 14.4. The van der Waals surface area contributed by atoms with Gasteiger partial charge in [-0.05, 0) is 48.1 Å². The number of ether oxygens (including phenoxy) is 1. The summed E-state index contributed by atoms with van der Waals surface area (Å²) >= 11 is 1.37. The molecule has 0 radical (unpaired) electrons. The number of carbonyl (C=O) groups excluding carboxylic acids is 1.